The lowest BCUT2D eigenvalue weighted by molar-refractivity contribution is -0.117. The van der Waals surface area contributed by atoms with E-state index in [-0.39, 0.29) is 47.6 Å². The Kier molecular flexibility index (Phi) is 3.84. The van der Waals surface area contributed by atoms with Crippen LogP contribution in [0, 0.1) is 29.0 Å². The minimum absolute atomic E-state index is 0.0187. The Morgan fingerprint density at radius 3 is 2.93 bits per heavy atom. The van der Waals surface area contributed by atoms with Gasteiger partial charge >= 0.3 is 6.09 Å². The van der Waals surface area contributed by atoms with E-state index in [1.54, 1.807) is 13.0 Å². The zero-order valence-corrected chi connectivity index (χ0v) is 14.4. The van der Waals surface area contributed by atoms with Gasteiger partial charge in [0.1, 0.15) is 12.4 Å². The summed E-state index contributed by atoms with van der Waals surface area (Å²) in [6, 6.07) is 4.77. The summed E-state index contributed by atoms with van der Waals surface area (Å²) in [7, 11) is 0. The van der Waals surface area contributed by atoms with Crippen LogP contribution in [0.2, 0.25) is 0 Å². The lowest BCUT2D eigenvalue weighted by atomic mass is 10.1. The highest BCUT2D eigenvalue weighted by molar-refractivity contribution is 6.02. The third-order valence-corrected chi connectivity index (χ3v) is 4.87. The topological polar surface area (TPSA) is 121 Å². The molecule has 1 aliphatic heterocycles. The Hall–Kier alpha value is -3.41. The van der Waals surface area contributed by atoms with Crippen LogP contribution in [-0.2, 0) is 9.53 Å². The maximum atomic E-state index is 14.7. The highest BCUT2D eigenvalue weighted by Crippen LogP contribution is 2.39. The molecule has 1 aromatic heterocycles. The van der Waals surface area contributed by atoms with Gasteiger partial charge in [-0.25, -0.2) is 14.2 Å². The number of nitrogens with one attached hydrogen (secondary N) is 1. The van der Waals surface area contributed by atoms with Gasteiger partial charge in [-0.3, -0.25) is 9.69 Å². The monoisotopic (exact) mass is 369 g/mol. The number of pyridine rings is 1. The number of nitrogens with zero attached hydrogens (tertiary/aromatic N) is 3. The number of ether oxygens (including phenoxy) is 1. The molecule has 2 aromatic rings. The van der Waals surface area contributed by atoms with Crippen molar-refractivity contribution >= 4 is 40.0 Å². The molecule has 0 bridgehead atoms. The van der Waals surface area contributed by atoms with Crippen LogP contribution in [0.15, 0.2) is 18.3 Å². The number of fused-ring (bicyclic) bond motifs is 1. The van der Waals surface area contributed by atoms with Crippen LogP contribution in [0.25, 0.3) is 10.8 Å². The van der Waals surface area contributed by atoms with E-state index in [1.807, 2.05) is 0 Å². The van der Waals surface area contributed by atoms with Gasteiger partial charge in [0.2, 0.25) is 5.91 Å². The maximum Gasteiger partial charge on any atom is 0.414 e. The molecular formula is C18H16FN5O3. The highest BCUT2D eigenvalue weighted by Gasteiger charge is 2.43. The second-order valence-corrected chi connectivity index (χ2v) is 6.78. The number of nitrogen functional groups attached to an aromatic ring is 1. The van der Waals surface area contributed by atoms with Gasteiger partial charge in [-0.1, -0.05) is 0 Å². The van der Waals surface area contributed by atoms with Crippen molar-refractivity contribution in [2.75, 3.05) is 22.6 Å². The summed E-state index contributed by atoms with van der Waals surface area (Å²) in [6.07, 6.45) is 1.26. The van der Waals surface area contributed by atoms with E-state index in [0.29, 0.717) is 17.2 Å². The molecule has 3 atom stereocenters. The lowest BCUT2D eigenvalue weighted by Gasteiger charge is -2.20. The molecule has 8 nitrogen and oxygen atoms in total. The van der Waals surface area contributed by atoms with Crippen molar-refractivity contribution in [1.29, 1.82) is 5.26 Å². The normalized spacial score (nSPS) is 23.8. The number of halogens is 1. The van der Waals surface area contributed by atoms with Crippen molar-refractivity contribution in [3.05, 3.63) is 24.1 Å². The predicted octanol–water partition coefficient (Wildman–Crippen LogP) is 2.40. The number of hydrogen-bond acceptors (Lipinski definition) is 6. The first kappa shape index (κ1) is 17.0. The zero-order chi connectivity index (χ0) is 19.3. The molecule has 0 unspecified atom stereocenters. The van der Waals surface area contributed by atoms with Crippen molar-refractivity contribution in [2.45, 2.75) is 19.4 Å². The van der Waals surface area contributed by atoms with Crippen molar-refractivity contribution in [1.82, 2.24) is 4.98 Å². The Morgan fingerprint density at radius 2 is 2.30 bits per heavy atom. The number of benzene rings is 1. The average molecular weight is 369 g/mol. The molecule has 1 aliphatic carbocycles. The van der Waals surface area contributed by atoms with Gasteiger partial charge in [0.05, 0.1) is 35.3 Å². The average Bonchev–Trinajstić information content (AvgIpc) is 3.37. The highest BCUT2D eigenvalue weighted by atomic mass is 19.1. The largest absolute Gasteiger partial charge is 0.447 e. The molecule has 0 spiro atoms. The van der Waals surface area contributed by atoms with E-state index in [0.717, 1.165) is 0 Å². The van der Waals surface area contributed by atoms with E-state index in [2.05, 4.69) is 16.4 Å². The number of amides is 2. The summed E-state index contributed by atoms with van der Waals surface area (Å²) in [5, 5.41) is 12.4. The Morgan fingerprint density at radius 1 is 1.52 bits per heavy atom. The molecule has 1 aromatic carbocycles. The van der Waals surface area contributed by atoms with Gasteiger partial charge in [0.15, 0.2) is 5.82 Å². The first-order valence-electron chi connectivity index (χ1n) is 8.45. The molecule has 1 saturated carbocycles. The fraction of sp³-hybridized carbons (Fsp3) is 0.333. The van der Waals surface area contributed by atoms with Crippen LogP contribution in [0.1, 0.15) is 13.3 Å². The number of anilines is 3. The number of nitrogens with two attached hydrogens (primary N) is 1. The van der Waals surface area contributed by atoms with Crippen molar-refractivity contribution in [3.63, 3.8) is 0 Å². The molecule has 27 heavy (non-hydrogen) atoms. The number of aromatic nitrogens is 1. The lowest BCUT2D eigenvalue weighted by Crippen LogP contribution is -2.31. The minimum atomic E-state index is -0.721. The quantitative estimate of drug-likeness (QED) is 0.801. The molecule has 2 fully saturated rings. The molecule has 2 aliphatic rings. The second kappa shape index (κ2) is 6.09. The van der Waals surface area contributed by atoms with E-state index >= 15 is 0 Å². The summed E-state index contributed by atoms with van der Waals surface area (Å²) in [6.45, 7) is 1.90. The number of nitriles is 1. The summed E-state index contributed by atoms with van der Waals surface area (Å²) >= 11 is 0. The molecule has 2 amide bonds. The fourth-order valence-corrected chi connectivity index (χ4v) is 3.22. The van der Waals surface area contributed by atoms with E-state index in [1.165, 1.54) is 17.2 Å². The molecule has 3 N–H and O–H groups in total. The molecular weight excluding hydrogens is 353 g/mol. The number of carbonyl (C=O) groups excluding carboxylic acids is 2. The van der Waals surface area contributed by atoms with Crippen LogP contribution in [0.4, 0.5) is 26.4 Å². The molecule has 138 valence electrons. The van der Waals surface area contributed by atoms with E-state index in [4.69, 9.17) is 15.7 Å². The maximum absolute atomic E-state index is 14.7. The van der Waals surface area contributed by atoms with Gasteiger partial charge in [0.25, 0.3) is 0 Å². The molecule has 0 radical (unpaired) electrons. The molecule has 1 saturated heterocycles. The third-order valence-electron chi connectivity index (χ3n) is 4.87. The Labute approximate surface area is 153 Å². The second-order valence-electron chi connectivity index (χ2n) is 6.78. The first-order chi connectivity index (χ1) is 12.9. The fourth-order valence-electron chi connectivity index (χ4n) is 3.22. The van der Waals surface area contributed by atoms with Gasteiger partial charge in [-0.05, 0) is 30.9 Å². The smallest absolute Gasteiger partial charge is 0.414 e. The number of carbonyl (C=O) groups is 2. The summed E-state index contributed by atoms with van der Waals surface area (Å²) in [4.78, 5) is 29.4. The van der Waals surface area contributed by atoms with Gasteiger partial charge in [-0.2, -0.15) is 5.26 Å². The Bertz CT molecular complexity index is 1020. The Balaban J connectivity index is 1.70. The van der Waals surface area contributed by atoms with Crippen LogP contribution < -0.4 is 16.0 Å². The minimum Gasteiger partial charge on any atom is -0.447 e. The van der Waals surface area contributed by atoms with Crippen LogP contribution in [0.5, 0.6) is 0 Å². The van der Waals surface area contributed by atoms with Crippen molar-refractivity contribution in [2.24, 2.45) is 11.8 Å². The predicted molar refractivity (Wildman–Crippen MR) is 95.2 cm³/mol. The van der Waals surface area contributed by atoms with Gasteiger partial charge < -0.3 is 15.8 Å². The summed E-state index contributed by atoms with van der Waals surface area (Å²) in [5.41, 5.74) is 5.79. The number of rotatable bonds is 3. The SMILES string of the molecule is C[C@@H]1COC(=O)N1c1cc2cc(NC(=O)[C@@H]3C[C@H]3C#N)ncc2c(N)c1F. The van der Waals surface area contributed by atoms with Crippen molar-refractivity contribution < 1.29 is 18.7 Å². The summed E-state index contributed by atoms with van der Waals surface area (Å²) < 4.78 is 19.7. The zero-order valence-electron chi connectivity index (χ0n) is 14.4. The van der Waals surface area contributed by atoms with E-state index in [9.17, 15) is 14.0 Å². The molecule has 4 rings (SSSR count). The van der Waals surface area contributed by atoms with Crippen molar-refractivity contribution in [3.8, 4) is 6.07 Å². The third kappa shape index (κ3) is 2.79. The molecule has 2 heterocycles. The number of cyclic esters (lactones) is 1. The van der Waals surface area contributed by atoms with Crippen LogP contribution in [-0.4, -0.2) is 29.6 Å². The molecule has 9 heteroatoms. The summed E-state index contributed by atoms with van der Waals surface area (Å²) in [5.74, 6) is -1.32. The van der Waals surface area contributed by atoms with Gasteiger partial charge in [0, 0.05) is 11.6 Å². The van der Waals surface area contributed by atoms with Gasteiger partial charge in [-0.15, -0.1) is 0 Å². The van der Waals surface area contributed by atoms with E-state index < -0.39 is 11.9 Å². The number of hydrogen-bond donors (Lipinski definition) is 2. The van der Waals surface area contributed by atoms with Crippen LogP contribution >= 0.6 is 0 Å². The standard InChI is InChI=1S/C18H16FN5O3/c1-8-7-27-18(26)24(8)13-3-9-4-14(22-6-12(9)16(21)15(13)19)23-17(25)11-2-10(11)5-20/h3-4,6,8,10-11H,2,7,21H2,1H3,(H,22,23,25)/t8-,10+,11-/m1/s1. The van der Waals surface area contributed by atoms with Crippen LogP contribution in [0.3, 0.4) is 0 Å². The first-order valence-corrected chi connectivity index (χ1v) is 8.45.